The van der Waals surface area contributed by atoms with Gasteiger partial charge in [-0.1, -0.05) is 19.1 Å². The van der Waals surface area contributed by atoms with Crippen LogP contribution in [0.5, 0.6) is 0 Å². The molecular formula is C15H14N2O2S2. The summed E-state index contributed by atoms with van der Waals surface area (Å²) in [6.07, 6.45) is 0.885. The largest absolute Gasteiger partial charge is 0.280 e. The summed E-state index contributed by atoms with van der Waals surface area (Å²) in [6, 6.07) is 12.3. The van der Waals surface area contributed by atoms with Gasteiger partial charge in [0, 0.05) is 0 Å². The number of rotatable bonds is 4. The summed E-state index contributed by atoms with van der Waals surface area (Å²) in [4.78, 5) is 4.44. The smallest absolute Gasteiger partial charge is 0.261 e. The highest BCUT2D eigenvalue weighted by Gasteiger charge is 2.14. The predicted molar refractivity (Wildman–Crippen MR) is 86.2 cm³/mol. The lowest BCUT2D eigenvalue weighted by Gasteiger charge is -2.08. The maximum Gasteiger partial charge on any atom is 0.261 e. The van der Waals surface area contributed by atoms with Crippen molar-refractivity contribution in [3.05, 3.63) is 53.5 Å². The molecule has 0 amide bonds. The summed E-state index contributed by atoms with van der Waals surface area (Å²) < 4.78 is 28.3. The highest BCUT2D eigenvalue weighted by atomic mass is 32.2. The van der Waals surface area contributed by atoms with Gasteiger partial charge in [0.25, 0.3) is 10.0 Å². The van der Waals surface area contributed by atoms with Crippen molar-refractivity contribution in [2.24, 2.45) is 0 Å². The molecule has 21 heavy (non-hydrogen) atoms. The van der Waals surface area contributed by atoms with Crippen LogP contribution in [0.2, 0.25) is 0 Å². The lowest BCUT2D eigenvalue weighted by atomic mass is 10.2. The van der Waals surface area contributed by atoms with Crippen molar-refractivity contribution in [3.63, 3.8) is 0 Å². The van der Waals surface area contributed by atoms with Gasteiger partial charge in [-0.05, 0) is 42.3 Å². The summed E-state index contributed by atoms with van der Waals surface area (Å²) in [7, 11) is -3.56. The summed E-state index contributed by atoms with van der Waals surface area (Å²) in [5.41, 5.74) is 4.27. The third-order valence-corrected chi connectivity index (χ3v) is 5.41. The second-order valence-electron chi connectivity index (χ2n) is 4.64. The molecule has 0 bridgehead atoms. The van der Waals surface area contributed by atoms with Crippen LogP contribution in [-0.2, 0) is 16.4 Å². The zero-order valence-electron chi connectivity index (χ0n) is 11.4. The number of thiazole rings is 1. The molecule has 0 saturated heterocycles. The minimum Gasteiger partial charge on any atom is -0.280 e. The fraction of sp³-hybridized carbons (Fsp3) is 0.133. The fourth-order valence-electron chi connectivity index (χ4n) is 2.04. The van der Waals surface area contributed by atoms with E-state index < -0.39 is 10.0 Å². The predicted octanol–water partition coefficient (Wildman–Crippen LogP) is 3.66. The van der Waals surface area contributed by atoms with E-state index in [1.807, 2.05) is 25.1 Å². The topological polar surface area (TPSA) is 59.1 Å². The molecule has 2 aromatic carbocycles. The average molecular weight is 318 g/mol. The number of nitrogens with one attached hydrogen (secondary N) is 1. The minimum absolute atomic E-state index is 0.268. The summed E-state index contributed by atoms with van der Waals surface area (Å²) in [6.45, 7) is 2.03. The molecule has 4 nitrogen and oxygen atoms in total. The van der Waals surface area contributed by atoms with Crippen LogP contribution >= 0.6 is 11.3 Å². The molecule has 1 N–H and O–H groups in total. The Hall–Kier alpha value is -1.92. The van der Waals surface area contributed by atoms with E-state index in [4.69, 9.17) is 0 Å². The molecule has 1 aromatic heterocycles. The zero-order valence-corrected chi connectivity index (χ0v) is 13.0. The van der Waals surface area contributed by atoms with Crippen molar-refractivity contribution in [1.82, 2.24) is 4.98 Å². The minimum atomic E-state index is -3.56. The molecule has 0 saturated carbocycles. The van der Waals surface area contributed by atoms with Gasteiger partial charge in [-0.2, -0.15) is 0 Å². The maximum atomic E-state index is 12.4. The molecule has 0 aliphatic carbocycles. The van der Waals surface area contributed by atoms with Crippen LogP contribution in [0.25, 0.3) is 10.2 Å². The van der Waals surface area contributed by atoms with Crippen molar-refractivity contribution in [2.45, 2.75) is 18.2 Å². The van der Waals surface area contributed by atoms with Gasteiger partial charge >= 0.3 is 0 Å². The van der Waals surface area contributed by atoms with Crippen molar-refractivity contribution in [3.8, 4) is 0 Å². The molecule has 0 radical (unpaired) electrons. The van der Waals surface area contributed by atoms with Gasteiger partial charge in [0.1, 0.15) is 0 Å². The number of sulfonamides is 1. The van der Waals surface area contributed by atoms with E-state index in [0.29, 0.717) is 5.69 Å². The number of anilines is 1. The van der Waals surface area contributed by atoms with E-state index in [0.717, 1.165) is 22.2 Å². The van der Waals surface area contributed by atoms with E-state index in [1.165, 1.54) is 11.3 Å². The molecule has 6 heteroatoms. The first-order valence-electron chi connectivity index (χ1n) is 6.53. The van der Waals surface area contributed by atoms with Gasteiger partial charge in [-0.25, -0.2) is 13.4 Å². The third-order valence-electron chi connectivity index (χ3n) is 3.23. The van der Waals surface area contributed by atoms with E-state index in [-0.39, 0.29) is 4.90 Å². The van der Waals surface area contributed by atoms with Crippen molar-refractivity contribution >= 4 is 37.3 Å². The van der Waals surface area contributed by atoms with Crippen LogP contribution in [0.3, 0.4) is 0 Å². The average Bonchev–Trinajstić information content (AvgIpc) is 2.94. The number of nitrogens with zero attached hydrogens (tertiary/aromatic N) is 1. The van der Waals surface area contributed by atoms with Crippen LogP contribution in [0.15, 0.2) is 52.9 Å². The second kappa shape index (κ2) is 5.46. The molecule has 3 aromatic rings. The summed E-state index contributed by atoms with van der Waals surface area (Å²) >= 11 is 1.48. The Bertz CT molecular complexity index is 868. The molecule has 0 fully saturated rings. The molecule has 0 aliphatic rings. The van der Waals surface area contributed by atoms with E-state index >= 15 is 0 Å². The first kappa shape index (κ1) is 14.0. The lowest BCUT2D eigenvalue weighted by Crippen LogP contribution is -2.12. The monoisotopic (exact) mass is 318 g/mol. The lowest BCUT2D eigenvalue weighted by molar-refractivity contribution is 0.601. The maximum absolute atomic E-state index is 12.4. The molecule has 0 spiro atoms. The quantitative estimate of drug-likeness (QED) is 0.798. The molecule has 0 atom stereocenters. The van der Waals surface area contributed by atoms with Gasteiger partial charge < -0.3 is 0 Å². The molecule has 3 rings (SSSR count). The summed E-state index contributed by atoms with van der Waals surface area (Å²) in [5, 5.41) is 0. The van der Waals surface area contributed by atoms with E-state index in [9.17, 15) is 8.42 Å². The van der Waals surface area contributed by atoms with E-state index in [1.54, 1.807) is 29.8 Å². The van der Waals surface area contributed by atoms with Crippen LogP contribution in [0.4, 0.5) is 5.69 Å². The van der Waals surface area contributed by atoms with Crippen LogP contribution in [-0.4, -0.2) is 13.4 Å². The Kier molecular flexibility index (Phi) is 3.65. The Balaban J connectivity index is 1.90. The highest BCUT2D eigenvalue weighted by molar-refractivity contribution is 7.92. The molecule has 0 unspecified atom stereocenters. The number of benzene rings is 2. The molecule has 0 aliphatic heterocycles. The highest BCUT2D eigenvalue weighted by Crippen LogP contribution is 2.24. The first-order chi connectivity index (χ1) is 10.1. The molecule has 108 valence electrons. The Morgan fingerprint density at radius 3 is 2.62 bits per heavy atom. The SMILES string of the molecule is CCc1ccc(S(=O)(=O)Nc2ccc3ncsc3c2)cc1. The Morgan fingerprint density at radius 1 is 1.14 bits per heavy atom. The van der Waals surface area contributed by atoms with Gasteiger partial charge in [-0.15, -0.1) is 11.3 Å². The van der Waals surface area contributed by atoms with Gasteiger partial charge in [-0.3, -0.25) is 4.72 Å². The Morgan fingerprint density at radius 2 is 1.90 bits per heavy atom. The number of aryl methyl sites for hydroxylation is 1. The number of hydrogen-bond donors (Lipinski definition) is 1. The number of hydrogen-bond acceptors (Lipinski definition) is 4. The second-order valence-corrected chi connectivity index (χ2v) is 7.21. The summed E-state index contributed by atoms with van der Waals surface area (Å²) in [5.74, 6) is 0. The normalized spacial score (nSPS) is 11.7. The van der Waals surface area contributed by atoms with Crippen molar-refractivity contribution < 1.29 is 8.42 Å². The van der Waals surface area contributed by atoms with Crippen molar-refractivity contribution in [1.29, 1.82) is 0 Å². The standard InChI is InChI=1S/C15H14N2O2S2/c1-2-11-3-6-13(7-4-11)21(18,19)17-12-5-8-14-15(9-12)20-10-16-14/h3-10,17H,2H2,1H3. The van der Waals surface area contributed by atoms with Crippen LogP contribution in [0.1, 0.15) is 12.5 Å². The van der Waals surface area contributed by atoms with Gasteiger partial charge in [0.05, 0.1) is 26.3 Å². The number of fused-ring (bicyclic) bond motifs is 1. The van der Waals surface area contributed by atoms with Gasteiger partial charge in [0.15, 0.2) is 0 Å². The van der Waals surface area contributed by atoms with Gasteiger partial charge in [0.2, 0.25) is 0 Å². The Labute approximate surface area is 127 Å². The fourth-order valence-corrected chi connectivity index (χ4v) is 3.80. The van der Waals surface area contributed by atoms with Crippen molar-refractivity contribution in [2.75, 3.05) is 4.72 Å². The molecule has 1 heterocycles. The zero-order chi connectivity index (χ0) is 14.9. The first-order valence-corrected chi connectivity index (χ1v) is 8.90. The van der Waals surface area contributed by atoms with Crippen LogP contribution in [0, 0.1) is 0 Å². The number of aromatic nitrogens is 1. The third kappa shape index (κ3) is 2.91. The molecular weight excluding hydrogens is 304 g/mol. The van der Waals surface area contributed by atoms with Crippen LogP contribution < -0.4 is 4.72 Å². The van der Waals surface area contributed by atoms with E-state index in [2.05, 4.69) is 9.71 Å².